The summed E-state index contributed by atoms with van der Waals surface area (Å²) in [5.41, 5.74) is 0.553. The van der Waals surface area contributed by atoms with Gasteiger partial charge in [0.05, 0.1) is 5.60 Å². The Bertz CT molecular complexity index is 189. The van der Waals surface area contributed by atoms with Crippen LogP contribution in [-0.2, 0) is 4.74 Å². The predicted molar refractivity (Wildman–Crippen MR) is 69.3 cm³/mol. The lowest BCUT2D eigenvalue weighted by Gasteiger charge is -2.28. The summed E-state index contributed by atoms with van der Waals surface area (Å²) in [6.07, 6.45) is 3.71. The molecule has 2 saturated heterocycles. The van der Waals surface area contributed by atoms with Crippen LogP contribution in [0.5, 0.6) is 0 Å². The third-order valence-corrected chi connectivity index (χ3v) is 3.81. The van der Waals surface area contributed by atoms with Gasteiger partial charge in [0.15, 0.2) is 0 Å². The third-order valence-electron chi connectivity index (χ3n) is 3.81. The first kappa shape index (κ1) is 14.2. The number of ether oxygens (including phenoxy) is 1. The van der Waals surface area contributed by atoms with E-state index in [1.807, 2.05) is 0 Å². The molecule has 3 nitrogen and oxygen atoms in total. The van der Waals surface area contributed by atoms with Gasteiger partial charge in [-0.15, -0.1) is 12.4 Å². The van der Waals surface area contributed by atoms with Crippen LogP contribution < -0.4 is 10.6 Å². The Balaban J connectivity index is 0.00000128. The molecule has 0 saturated carbocycles. The van der Waals surface area contributed by atoms with E-state index in [1.165, 1.54) is 25.8 Å². The predicted octanol–water partition coefficient (Wildman–Crippen LogP) is 1.57. The number of hydrogen-bond acceptors (Lipinski definition) is 3. The number of rotatable bonds is 4. The van der Waals surface area contributed by atoms with E-state index in [4.69, 9.17) is 4.74 Å². The second-order valence-electron chi connectivity index (χ2n) is 5.74. The van der Waals surface area contributed by atoms with Crippen LogP contribution in [0.1, 0.15) is 33.1 Å². The van der Waals surface area contributed by atoms with Gasteiger partial charge in [-0.3, -0.25) is 0 Å². The third kappa shape index (κ3) is 3.59. The molecule has 2 fully saturated rings. The van der Waals surface area contributed by atoms with Crippen molar-refractivity contribution in [2.45, 2.75) is 38.7 Å². The Morgan fingerprint density at radius 3 is 2.62 bits per heavy atom. The number of hydrogen-bond donors (Lipinski definition) is 2. The fraction of sp³-hybridized carbons (Fsp3) is 1.00. The Hall–Kier alpha value is 0.170. The van der Waals surface area contributed by atoms with Crippen molar-refractivity contribution in [2.75, 3.05) is 32.8 Å². The van der Waals surface area contributed by atoms with Crippen LogP contribution in [-0.4, -0.2) is 38.4 Å². The molecule has 2 aliphatic heterocycles. The van der Waals surface area contributed by atoms with Crippen LogP contribution in [0.2, 0.25) is 0 Å². The van der Waals surface area contributed by atoms with Crippen LogP contribution in [0, 0.1) is 5.41 Å². The van der Waals surface area contributed by atoms with E-state index in [-0.39, 0.29) is 18.0 Å². The maximum Gasteiger partial charge on any atom is 0.0779 e. The molecule has 2 rings (SSSR count). The maximum atomic E-state index is 5.76. The summed E-state index contributed by atoms with van der Waals surface area (Å²) in [7, 11) is 0. The molecule has 0 amide bonds. The van der Waals surface area contributed by atoms with Gasteiger partial charge < -0.3 is 15.4 Å². The van der Waals surface area contributed by atoms with Crippen molar-refractivity contribution in [1.29, 1.82) is 0 Å². The SMILES string of the molecule is CC1(CNCC2(C)CCCO2)CCNC1.Cl. The molecule has 2 unspecified atom stereocenters. The first-order valence-corrected chi connectivity index (χ1v) is 6.17. The Labute approximate surface area is 105 Å². The van der Waals surface area contributed by atoms with Gasteiger partial charge in [-0.05, 0) is 38.1 Å². The minimum Gasteiger partial charge on any atom is -0.374 e. The Morgan fingerprint density at radius 1 is 1.25 bits per heavy atom. The first-order chi connectivity index (χ1) is 7.12. The average Bonchev–Trinajstić information content (AvgIpc) is 2.76. The highest BCUT2D eigenvalue weighted by Gasteiger charge is 2.32. The molecular formula is C12H25ClN2O. The summed E-state index contributed by atoms with van der Waals surface area (Å²) in [6, 6.07) is 0. The van der Waals surface area contributed by atoms with Crippen LogP contribution in [0.3, 0.4) is 0 Å². The van der Waals surface area contributed by atoms with Gasteiger partial charge in [-0.1, -0.05) is 6.92 Å². The van der Waals surface area contributed by atoms with Crippen molar-refractivity contribution >= 4 is 12.4 Å². The lowest BCUT2D eigenvalue weighted by atomic mass is 9.89. The molecule has 16 heavy (non-hydrogen) atoms. The quantitative estimate of drug-likeness (QED) is 0.793. The standard InChI is InChI=1S/C12H24N2O.ClH/c1-11(5-6-13-8-11)9-14-10-12(2)4-3-7-15-12;/h13-14H,3-10H2,1-2H3;1H. The topological polar surface area (TPSA) is 33.3 Å². The smallest absolute Gasteiger partial charge is 0.0779 e. The summed E-state index contributed by atoms with van der Waals surface area (Å²) < 4.78 is 5.76. The Morgan fingerprint density at radius 2 is 2.06 bits per heavy atom. The normalized spacial score (nSPS) is 38.6. The van der Waals surface area contributed by atoms with E-state index in [9.17, 15) is 0 Å². The highest BCUT2D eigenvalue weighted by molar-refractivity contribution is 5.85. The largest absolute Gasteiger partial charge is 0.374 e. The van der Waals surface area contributed by atoms with E-state index in [1.54, 1.807) is 0 Å². The molecule has 0 aromatic heterocycles. The van der Waals surface area contributed by atoms with Gasteiger partial charge in [-0.2, -0.15) is 0 Å². The summed E-state index contributed by atoms with van der Waals surface area (Å²) in [5.74, 6) is 0. The highest BCUT2D eigenvalue weighted by atomic mass is 35.5. The molecule has 0 radical (unpaired) electrons. The van der Waals surface area contributed by atoms with Crippen LogP contribution >= 0.6 is 12.4 Å². The van der Waals surface area contributed by atoms with E-state index in [2.05, 4.69) is 24.5 Å². The molecular weight excluding hydrogens is 224 g/mol. The monoisotopic (exact) mass is 248 g/mol. The van der Waals surface area contributed by atoms with E-state index < -0.39 is 0 Å². The first-order valence-electron chi connectivity index (χ1n) is 6.17. The fourth-order valence-electron chi connectivity index (χ4n) is 2.62. The van der Waals surface area contributed by atoms with E-state index in [0.29, 0.717) is 5.41 Å². The van der Waals surface area contributed by atoms with E-state index >= 15 is 0 Å². The Kier molecular flexibility index (Phi) is 5.05. The molecule has 4 heteroatoms. The molecule has 0 aliphatic carbocycles. The average molecular weight is 249 g/mol. The van der Waals surface area contributed by atoms with Crippen molar-refractivity contribution in [1.82, 2.24) is 10.6 Å². The fourth-order valence-corrected chi connectivity index (χ4v) is 2.62. The van der Waals surface area contributed by atoms with Crippen LogP contribution in [0.25, 0.3) is 0 Å². The second kappa shape index (κ2) is 5.67. The summed E-state index contributed by atoms with van der Waals surface area (Å²) in [4.78, 5) is 0. The summed E-state index contributed by atoms with van der Waals surface area (Å²) in [5, 5.41) is 7.01. The molecule has 96 valence electrons. The van der Waals surface area contributed by atoms with E-state index in [0.717, 1.165) is 26.2 Å². The van der Waals surface area contributed by atoms with Gasteiger partial charge in [-0.25, -0.2) is 0 Å². The molecule has 0 spiro atoms. The summed E-state index contributed by atoms with van der Waals surface area (Å²) >= 11 is 0. The van der Waals surface area contributed by atoms with Crippen molar-refractivity contribution in [2.24, 2.45) is 5.41 Å². The minimum atomic E-state index is 0. The molecule has 0 aromatic rings. The van der Waals surface area contributed by atoms with Gasteiger partial charge in [0, 0.05) is 26.2 Å². The number of nitrogens with one attached hydrogen (secondary N) is 2. The highest BCUT2D eigenvalue weighted by Crippen LogP contribution is 2.26. The van der Waals surface area contributed by atoms with Gasteiger partial charge in [0.2, 0.25) is 0 Å². The zero-order valence-electron chi connectivity index (χ0n) is 10.5. The van der Waals surface area contributed by atoms with Crippen LogP contribution in [0.4, 0.5) is 0 Å². The van der Waals surface area contributed by atoms with Crippen LogP contribution in [0.15, 0.2) is 0 Å². The second-order valence-corrected chi connectivity index (χ2v) is 5.74. The number of halogens is 1. The molecule has 2 aliphatic rings. The lowest BCUT2D eigenvalue weighted by Crippen LogP contribution is -2.42. The molecule has 0 aromatic carbocycles. The minimum absolute atomic E-state index is 0. The molecule has 2 N–H and O–H groups in total. The molecule has 2 atom stereocenters. The molecule has 0 bridgehead atoms. The van der Waals surface area contributed by atoms with Crippen molar-refractivity contribution in [3.8, 4) is 0 Å². The van der Waals surface area contributed by atoms with Gasteiger partial charge in [0.1, 0.15) is 0 Å². The van der Waals surface area contributed by atoms with Crippen molar-refractivity contribution in [3.05, 3.63) is 0 Å². The zero-order chi connectivity index (χ0) is 10.8. The van der Waals surface area contributed by atoms with Gasteiger partial charge in [0.25, 0.3) is 0 Å². The zero-order valence-corrected chi connectivity index (χ0v) is 11.3. The summed E-state index contributed by atoms with van der Waals surface area (Å²) in [6.45, 7) is 9.96. The maximum absolute atomic E-state index is 5.76. The van der Waals surface area contributed by atoms with Gasteiger partial charge >= 0.3 is 0 Å². The van der Waals surface area contributed by atoms with Crippen molar-refractivity contribution in [3.63, 3.8) is 0 Å². The van der Waals surface area contributed by atoms with Crippen molar-refractivity contribution < 1.29 is 4.74 Å². The molecule has 2 heterocycles. The lowest BCUT2D eigenvalue weighted by molar-refractivity contribution is 0.0193.